The minimum atomic E-state index is -4.57. The molecule has 1 N–H and O–H groups in total. The molecule has 0 spiro atoms. The first-order valence-corrected chi connectivity index (χ1v) is 7.36. The number of amides is 2. The molecular weight excluding hydrogens is 299 g/mol. The summed E-state index contributed by atoms with van der Waals surface area (Å²) < 4.78 is 39.2. The highest BCUT2D eigenvalue weighted by atomic mass is 19.4. The molecule has 0 bridgehead atoms. The van der Waals surface area contributed by atoms with Crippen LogP contribution in [0.15, 0.2) is 0 Å². The van der Waals surface area contributed by atoms with Crippen molar-refractivity contribution in [2.75, 3.05) is 6.54 Å². The highest BCUT2D eigenvalue weighted by Crippen LogP contribution is 2.59. The maximum absolute atomic E-state index is 13.1. The topological polar surface area (TPSA) is 73.2 Å². The molecule has 3 fully saturated rings. The van der Waals surface area contributed by atoms with Crippen LogP contribution in [0, 0.1) is 16.7 Å². The number of carbonyl (C=O) groups excluding carboxylic acids is 2. The van der Waals surface area contributed by atoms with Crippen LogP contribution in [0.4, 0.5) is 13.2 Å². The van der Waals surface area contributed by atoms with E-state index >= 15 is 0 Å². The first-order valence-electron chi connectivity index (χ1n) is 7.36. The number of nitrogens with one attached hydrogen (secondary N) is 1. The van der Waals surface area contributed by atoms with Crippen molar-refractivity contribution in [3.05, 3.63) is 0 Å². The fourth-order valence-corrected chi connectivity index (χ4v) is 3.01. The minimum Gasteiger partial charge on any atom is -0.336 e. The Bertz CT molecular complexity index is 559. The van der Waals surface area contributed by atoms with Crippen molar-refractivity contribution < 1.29 is 22.8 Å². The van der Waals surface area contributed by atoms with Crippen LogP contribution in [-0.4, -0.2) is 41.0 Å². The average molecular weight is 315 g/mol. The largest absolute Gasteiger partial charge is 0.403 e. The SMILES string of the molecule is N#CC1(NC(=O)[C@@H]2CCCN2C(=O)C2(C(F)(F)F)CC2)CC1. The summed E-state index contributed by atoms with van der Waals surface area (Å²) in [5.74, 6) is -1.50. The van der Waals surface area contributed by atoms with E-state index in [0.29, 0.717) is 25.7 Å². The summed E-state index contributed by atoms with van der Waals surface area (Å²) in [6.07, 6.45) is -3.06. The number of nitrogens with zero attached hydrogens (tertiary/aromatic N) is 2. The van der Waals surface area contributed by atoms with Gasteiger partial charge in [-0.05, 0) is 38.5 Å². The van der Waals surface area contributed by atoms with Crippen LogP contribution >= 0.6 is 0 Å². The van der Waals surface area contributed by atoms with Crippen molar-refractivity contribution >= 4 is 11.8 Å². The highest BCUT2D eigenvalue weighted by molar-refractivity contribution is 5.93. The lowest BCUT2D eigenvalue weighted by atomic mass is 10.0. The number of hydrogen-bond acceptors (Lipinski definition) is 3. The van der Waals surface area contributed by atoms with Crippen molar-refractivity contribution in [2.24, 2.45) is 5.41 Å². The summed E-state index contributed by atoms with van der Waals surface area (Å²) in [5.41, 5.74) is -3.17. The summed E-state index contributed by atoms with van der Waals surface area (Å²) in [6.45, 7) is 0.161. The molecule has 2 saturated carbocycles. The van der Waals surface area contributed by atoms with Gasteiger partial charge in [0.15, 0.2) is 0 Å². The van der Waals surface area contributed by atoms with Crippen molar-refractivity contribution in [3.8, 4) is 6.07 Å². The Morgan fingerprint density at radius 2 is 1.86 bits per heavy atom. The van der Waals surface area contributed by atoms with Gasteiger partial charge in [-0.1, -0.05) is 0 Å². The zero-order valence-electron chi connectivity index (χ0n) is 11.9. The molecule has 0 radical (unpaired) electrons. The van der Waals surface area contributed by atoms with Gasteiger partial charge in [0, 0.05) is 6.54 Å². The first-order chi connectivity index (χ1) is 10.2. The van der Waals surface area contributed by atoms with Gasteiger partial charge >= 0.3 is 6.18 Å². The molecule has 0 aromatic carbocycles. The third-order valence-electron chi connectivity index (χ3n) is 4.84. The Labute approximate surface area is 125 Å². The lowest BCUT2D eigenvalue weighted by Crippen LogP contribution is -2.53. The van der Waals surface area contributed by atoms with Crippen LogP contribution in [0.3, 0.4) is 0 Å². The van der Waals surface area contributed by atoms with E-state index in [4.69, 9.17) is 5.26 Å². The molecule has 2 aliphatic carbocycles. The van der Waals surface area contributed by atoms with Crippen molar-refractivity contribution in [3.63, 3.8) is 0 Å². The average Bonchev–Trinajstić information content (AvgIpc) is 3.35. The van der Waals surface area contributed by atoms with E-state index in [1.54, 1.807) is 0 Å². The van der Waals surface area contributed by atoms with Crippen LogP contribution in [0.25, 0.3) is 0 Å². The second-order valence-electron chi connectivity index (χ2n) is 6.42. The third kappa shape index (κ3) is 2.23. The van der Waals surface area contributed by atoms with E-state index in [9.17, 15) is 22.8 Å². The molecule has 1 heterocycles. The summed E-state index contributed by atoms with van der Waals surface area (Å²) in [5, 5.41) is 11.6. The predicted molar refractivity (Wildman–Crippen MR) is 68.2 cm³/mol. The number of nitriles is 1. The third-order valence-corrected chi connectivity index (χ3v) is 4.84. The number of rotatable bonds is 3. The van der Waals surface area contributed by atoms with Crippen LogP contribution < -0.4 is 5.32 Å². The maximum Gasteiger partial charge on any atom is 0.403 e. The van der Waals surface area contributed by atoms with E-state index in [0.717, 1.165) is 4.90 Å². The zero-order chi connectivity index (χ0) is 16.2. The molecule has 22 heavy (non-hydrogen) atoms. The number of hydrogen-bond donors (Lipinski definition) is 1. The van der Waals surface area contributed by atoms with Gasteiger partial charge in [0.2, 0.25) is 11.8 Å². The van der Waals surface area contributed by atoms with Gasteiger partial charge in [0.25, 0.3) is 0 Å². The fourth-order valence-electron chi connectivity index (χ4n) is 3.01. The van der Waals surface area contributed by atoms with Crippen LogP contribution in [0.5, 0.6) is 0 Å². The summed E-state index contributed by atoms with van der Waals surface area (Å²) in [4.78, 5) is 25.6. The van der Waals surface area contributed by atoms with E-state index in [1.165, 1.54) is 0 Å². The van der Waals surface area contributed by atoms with Gasteiger partial charge in [-0.2, -0.15) is 18.4 Å². The van der Waals surface area contributed by atoms with Gasteiger partial charge in [-0.15, -0.1) is 0 Å². The normalized spacial score (nSPS) is 27.9. The molecule has 5 nitrogen and oxygen atoms in total. The maximum atomic E-state index is 13.1. The van der Waals surface area contributed by atoms with Crippen molar-refractivity contribution in [1.82, 2.24) is 10.2 Å². The molecule has 2 amide bonds. The Kier molecular flexibility index (Phi) is 3.17. The molecule has 0 aromatic heterocycles. The summed E-state index contributed by atoms with van der Waals surface area (Å²) in [6, 6.07) is 1.11. The molecule has 0 aromatic rings. The smallest absolute Gasteiger partial charge is 0.336 e. The molecule has 1 aliphatic heterocycles. The zero-order valence-corrected chi connectivity index (χ0v) is 11.9. The van der Waals surface area contributed by atoms with Crippen LogP contribution in [0.2, 0.25) is 0 Å². The van der Waals surface area contributed by atoms with Gasteiger partial charge in [-0.3, -0.25) is 9.59 Å². The van der Waals surface area contributed by atoms with Gasteiger partial charge in [0.1, 0.15) is 17.0 Å². The van der Waals surface area contributed by atoms with E-state index < -0.39 is 35.0 Å². The predicted octanol–water partition coefficient (Wildman–Crippen LogP) is 1.49. The molecule has 0 unspecified atom stereocenters. The van der Waals surface area contributed by atoms with Gasteiger partial charge in [-0.25, -0.2) is 0 Å². The Morgan fingerprint density at radius 1 is 1.23 bits per heavy atom. The van der Waals surface area contributed by atoms with Crippen molar-refractivity contribution in [1.29, 1.82) is 5.26 Å². The Hall–Kier alpha value is -1.78. The van der Waals surface area contributed by atoms with Crippen molar-refractivity contribution in [2.45, 2.75) is 56.3 Å². The fraction of sp³-hybridized carbons (Fsp3) is 0.786. The Morgan fingerprint density at radius 3 is 2.32 bits per heavy atom. The lowest BCUT2D eigenvalue weighted by molar-refractivity contribution is -0.199. The standard InChI is InChI=1S/C14H16F3N3O2/c15-14(16,17)13(5-6-13)11(22)20-7-1-2-9(20)10(21)19-12(8-18)3-4-12/h9H,1-7H2,(H,19,21)/t9-/m0/s1. The minimum absolute atomic E-state index is 0.161. The van der Waals surface area contributed by atoms with Crippen LogP contribution in [0.1, 0.15) is 38.5 Å². The molecular formula is C14H16F3N3O2. The van der Waals surface area contributed by atoms with Crippen LogP contribution in [-0.2, 0) is 9.59 Å². The molecule has 1 saturated heterocycles. The van der Waals surface area contributed by atoms with E-state index in [1.807, 2.05) is 6.07 Å². The monoisotopic (exact) mass is 315 g/mol. The number of carbonyl (C=O) groups is 2. The molecule has 120 valence electrons. The number of likely N-dealkylation sites (tertiary alicyclic amines) is 1. The number of alkyl halides is 3. The van der Waals surface area contributed by atoms with E-state index in [2.05, 4.69) is 5.32 Å². The Balaban J connectivity index is 1.73. The molecule has 3 rings (SSSR count). The summed E-state index contributed by atoms with van der Waals surface area (Å²) >= 11 is 0. The van der Waals surface area contributed by atoms with Gasteiger partial charge < -0.3 is 10.2 Å². The van der Waals surface area contributed by atoms with E-state index in [-0.39, 0.29) is 19.4 Å². The molecule has 3 aliphatic rings. The second kappa shape index (κ2) is 4.61. The molecule has 1 atom stereocenters. The lowest BCUT2D eigenvalue weighted by Gasteiger charge is -2.29. The number of halogens is 3. The summed E-state index contributed by atoms with van der Waals surface area (Å²) in [7, 11) is 0. The quantitative estimate of drug-likeness (QED) is 0.857. The van der Waals surface area contributed by atoms with Gasteiger partial charge in [0.05, 0.1) is 6.07 Å². The first kappa shape index (κ1) is 15.1. The molecule has 8 heteroatoms. The highest BCUT2D eigenvalue weighted by Gasteiger charge is 2.70. The second-order valence-corrected chi connectivity index (χ2v) is 6.42.